The highest BCUT2D eigenvalue weighted by molar-refractivity contribution is 7.89. The largest absolute Gasteiger partial charge is 0.381 e. The zero-order chi connectivity index (χ0) is 14.6. The molecule has 0 heterocycles. The van der Waals surface area contributed by atoms with E-state index in [4.69, 9.17) is 4.74 Å². The first-order valence-corrected chi connectivity index (χ1v) is 8.31. The molecule has 0 spiro atoms. The Labute approximate surface area is 119 Å². The van der Waals surface area contributed by atoms with Crippen molar-refractivity contribution >= 4 is 10.0 Å². The molecule has 0 unspecified atom stereocenters. The first kappa shape index (κ1) is 15.4. The highest BCUT2D eigenvalue weighted by Crippen LogP contribution is 2.28. The highest BCUT2D eigenvalue weighted by atomic mass is 32.2. The molecule has 1 aromatic carbocycles. The number of benzene rings is 1. The summed E-state index contributed by atoms with van der Waals surface area (Å²) in [4.78, 5) is -0.0421. The summed E-state index contributed by atoms with van der Waals surface area (Å²) in [5.74, 6) is 0.197. The predicted molar refractivity (Wildman–Crippen MR) is 74.5 cm³/mol. The fourth-order valence-electron chi connectivity index (χ4n) is 1.74. The van der Waals surface area contributed by atoms with Crippen LogP contribution in [-0.2, 0) is 14.8 Å². The lowest BCUT2D eigenvalue weighted by molar-refractivity contribution is 0.123. The third-order valence-electron chi connectivity index (χ3n) is 3.26. The number of nitrogens with one attached hydrogen (secondary N) is 1. The number of ether oxygens (including phenoxy) is 1. The van der Waals surface area contributed by atoms with Gasteiger partial charge in [0.05, 0.1) is 4.90 Å². The summed E-state index contributed by atoms with van der Waals surface area (Å²) < 4.78 is 45.1. The van der Waals surface area contributed by atoms with Gasteiger partial charge in [0.2, 0.25) is 10.0 Å². The monoisotopic (exact) mass is 301 g/mol. The molecule has 1 aliphatic carbocycles. The zero-order valence-corrected chi connectivity index (χ0v) is 12.4. The van der Waals surface area contributed by atoms with Crippen molar-refractivity contribution in [1.82, 2.24) is 4.72 Å². The van der Waals surface area contributed by atoms with E-state index in [-0.39, 0.29) is 4.90 Å². The lowest BCUT2D eigenvalue weighted by Crippen LogP contribution is -2.25. The average Bonchev–Trinajstić information content (AvgIpc) is 3.21. The van der Waals surface area contributed by atoms with Crippen molar-refractivity contribution in [2.24, 2.45) is 5.92 Å². The van der Waals surface area contributed by atoms with Crippen LogP contribution in [0.1, 0.15) is 24.8 Å². The van der Waals surface area contributed by atoms with Gasteiger partial charge in [0.25, 0.3) is 0 Å². The summed E-state index contributed by atoms with van der Waals surface area (Å²) >= 11 is 0. The maximum absolute atomic E-state index is 13.4. The Morgan fingerprint density at radius 1 is 1.40 bits per heavy atom. The Balaban J connectivity index is 1.76. The van der Waals surface area contributed by atoms with Gasteiger partial charge in [0.1, 0.15) is 5.82 Å². The van der Waals surface area contributed by atoms with Gasteiger partial charge < -0.3 is 4.74 Å². The standard InChI is InChI=1S/C14H20FNO3S/c1-11-3-6-13(9-14(11)15)20(17,18)16-7-2-8-19-10-12-4-5-12/h3,6,9,12,16H,2,4-5,7-8,10H2,1H3. The van der Waals surface area contributed by atoms with E-state index in [1.54, 1.807) is 6.92 Å². The van der Waals surface area contributed by atoms with E-state index in [1.807, 2.05) is 0 Å². The zero-order valence-electron chi connectivity index (χ0n) is 11.6. The maximum atomic E-state index is 13.4. The Bertz CT molecular complexity index is 556. The summed E-state index contributed by atoms with van der Waals surface area (Å²) in [6.45, 7) is 3.20. The van der Waals surface area contributed by atoms with Crippen molar-refractivity contribution < 1.29 is 17.5 Å². The molecule has 0 aliphatic heterocycles. The minimum absolute atomic E-state index is 0.0421. The first-order chi connectivity index (χ1) is 9.49. The van der Waals surface area contributed by atoms with Crippen LogP contribution in [0.5, 0.6) is 0 Å². The highest BCUT2D eigenvalue weighted by Gasteiger charge is 2.21. The van der Waals surface area contributed by atoms with Crippen LogP contribution in [-0.4, -0.2) is 28.2 Å². The van der Waals surface area contributed by atoms with Gasteiger partial charge in [-0.1, -0.05) is 6.07 Å². The van der Waals surface area contributed by atoms with Gasteiger partial charge >= 0.3 is 0 Å². The molecular weight excluding hydrogens is 281 g/mol. The van der Waals surface area contributed by atoms with Crippen LogP contribution in [0.15, 0.2) is 23.1 Å². The second kappa shape index (κ2) is 6.65. The Kier molecular flexibility index (Phi) is 5.12. The van der Waals surface area contributed by atoms with E-state index in [0.29, 0.717) is 31.1 Å². The van der Waals surface area contributed by atoms with E-state index in [2.05, 4.69) is 4.72 Å². The van der Waals surface area contributed by atoms with E-state index >= 15 is 0 Å². The number of hydrogen-bond acceptors (Lipinski definition) is 3. The van der Waals surface area contributed by atoms with Gasteiger partial charge in [0.15, 0.2) is 0 Å². The normalized spacial score (nSPS) is 15.5. The molecule has 0 amide bonds. The van der Waals surface area contributed by atoms with Crippen LogP contribution in [0.3, 0.4) is 0 Å². The lowest BCUT2D eigenvalue weighted by atomic mass is 10.2. The fraction of sp³-hybridized carbons (Fsp3) is 0.571. The Hall–Kier alpha value is -0.980. The van der Waals surface area contributed by atoms with Gasteiger partial charge in [-0.05, 0) is 49.8 Å². The Morgan fingerprint density at radius 3 is 2.80 bits per heavy atom. The molecule has 1 saturated carbocycles. The van der Waals surface area contributed by atoms with Crippen LogP contribution >= 0.6 is 0 Å². The van der Waals surface area contributed by atoms with Crippen molar-refractivity contribution in [1.29, 1.82) is 0 Å². The predicted octanol–water partition coefficient (Wildman–Crippen LogP) is 2.23. The molecule has 1 aromatic rings. The van der Waals surface area contributed by atoms with E-state index in [0.717, 1.165) is 12.7 Å². The van der Waals surface area contributed by atoms with Crippen LogP contribution < -0.4 is 4.72 Å². The lowest BCUT2D eigenvalue weighted by Gasteiger charge is -2.08. The van der Waals surface area contributed by atoms with Gasteiger partial charge in [-0.2, -0.15) is 0 Å². The van der Waals surface area contributed by atoms with Crippen molar-refractivity contribution in [2.75, 3.05) is 19.8 Å². The van der Waals surface area contributed by atoms with Gasteiger partial charge in [-0.3, -0.25) is 0 Å². The van der Waals surface area contributed by atoms with Crippen LogP contribution in [0.4, 0.5) is 4.39 Å². The van der Waals surface area contributed by atoms with Crippen LogP contribution in [0.25, 0.3) is 0 Å². The summed E-state index contributed by atoms with van der Waals surface area (Å²) in [6, 6.07) is 3.91. The summed E-state index contributed by atoms with van der Waals surface area (Å²) in [5.41, 5.74) is 0.428. The van der Waals surface area contributed by atoms with Crippen molar-refractivity contribution in [3.63, 3.8) is 0 Å². The van der Waals surface area contributed by atoms with Crippen molar-refractivity contribution in [3.8, 4) is 0 Å². The smallest absolute Gasteiger partial charge is 0.240 e. The summed E-state index contributed by atoms with van der Waals surface area (Å²) in [6.07, 6.45) is 3.09. The summed E-state index contributed by atoms with van der Waals surface area (Å²) in [5, 5.41) is 0. The molecule has 0 atom stereocenters. The van der Waals surface area contributed by atoms with Gasteiger partial charge in [-0.15, -0.1) is 0 Å². The van der Waals surface area contributed by atoms with Crippen LogP contribution in [0, 0.1) is 18.7 Å². The second-order valence-corrected chi connectivity index (χ2v) is 6.95. The minimum Gasteiger partial charge on any atom is -0.381 e. The average molecular weight is 301 g/mol. The van der Waals surface area contributed by atoms with Gasteiger partial charge in [0, 0.05) is 19.8 Å². The topological polar surface area (TPSA) is 55.4 Å². The molecule has 0 saturated heterocycles. The number of rotatable bonds is 8. The SMILES string of the molecule is Cc1ccc(S(=O)(=O)NCCCOCC2CC2)cc1F. The van der Waals surface area contributed by atoms with Crippen molar-refractivity contribution in [2.45, 2.75) is 31.1 Å². The Morgan fingerprint density at radius 2 is 2.15 bits per heavy atom. The number of aryl methyl sites for hydroxylation is 1. The molecule has 6 heteroatoms. The van der Waals surface area contributed by atoms with E-state index in [1.165, 1.54) is 25.0 Å². The third kappa shape index (κ3) is 4.54. The molecule has 0 radical (unpaired) electrons. The second-order valence-electron chi connectivity index (χ2n) is 5.18. The van der Waals surface area contributed by atoms with Crippen molar-refractivity contribution in [3.05, 3.63) is 29.6 Å². The van der Waals surface area contributed by atoms with Gasteiger partial charge in [-0.25, -0.2) is 17.5 Å². The van der Waals surface area contributed by atoms with Crippen LogP contribution in [0.2, 0.25) is 0 Å². The van der Waals surface area contributed by atoms with E-state index in [9.17, 15) is 12.8 Å². The third-order valence-corrected chi connectivity index (χ3v) is 4.72. The molecular formula is C14H20FNO3S. The molecule has 112 valence electrons. The minimum atomic E-state index is -3.64. The summed E-state index contributed by atoms with van der Waals surface area (Å²) in [7, 11) is -3.64. The molecule has 4 nitrogen and oxygen atoms in total. The molecule has 1 aliphatic rings. The number of sulfonamides is 1. The fourth-order valence-corrected chi connectivity index (χ4v) is 2.82. The molecule has 1 fully saturated rings. The molecule has 0 aromatic heterocycles. The molecule has 20 heavy (non-hydrogen) atoms. The quantitative estimate of drug-likeness (QED) is 0.749. The molecule has 1 N–H and O–H groups in total. The van der Waals surface area contributed by atoms with E-state index < -0.39 is 15.8 Å². The number of halogens is 1. The molecule has 0 bridgehead atoms. The first-order valence-electron chi connectivity index (χ1n) is 6.82. The number of hydrogen-bond donors (Lipinski definition) is 1. The molecule has 2 rings (SSSR count). The maximum Gasteiger partial charge on any atom is 0.240 e.